The van der Waals surface area contributed by atoms with E-state index in [0.29, 0.717) is 57.3 Å². The molecule has 4 unspecified atom stereocenters. The van der Waals surface area contributed by atoms with Crippen LogP contribution in [-0.2, 0) is 22.8 Å². The second-order valence-electron chi connectivity index (χ2n) is 11.2. The highest BCUT2D eigenvalue weighted by Crippen LogP contribution is 2.25. The number of rotatable bonds is 24. The van der Waals surface area contributed by atoms with Crippen molar-refractivity contribution < 1.29 is 36.7 Å². The molecule has 0 spiro atoms. The SMILES string of the molecule is CCC(C)c1ccc(OCCO[Si](O)(CCCOCCOCCC[Si](C)(OC)Oc2ccc(C(C)CC)cc2)OC)cc1. The van der Waals surface area contributed by atoms with E-state index in [0.717, 1.165) is 36.8 Å². The summed E-state index contributed by atoms with van der Waals surface area (Å²) in [5.41, 5.74) is 2.63. The van der Waals surface area contributed by atoms with Gasteiger partial charge in [0.2, 0.25) is 0 Å². The number of hydrogen-bond acceptors (Lipinski definition) is 8. The quantitative estimate of drug-likeness (QED) is 0.0950. The van der Waals surface area contributed by atoms with Gasteiger partial charge in [-0.05, 0) is 79.5 Å². The van der Waals surface area contributed by atoms with Crippen molar-refractivity contribution in [2.45, 2.75) is 83.8 Å². The molecule has 0 saturated heterocycles. The molecule has 0 aromatic heterocycles. The Morgan fingerprint density at radius 3 is 1.65 bits per heavy atom. The highest BCUT2D eigenvalue weighted by atomic mass is 28.4. The normalized spacial score (nSPS) is 15.8. The zero-order valence-corrected chi connectivity index (χ0v) is 29.6. The van der Waals surface area contributed by atoms with Crippen LogP contribution in [0.4, 0.5) is 0 Å². The summed E-state index contributed by atoms with van der Waals surface area (Å²) in [6, 6.07) is 17.8. The monoisotopic (exact) mass is 636 g/mol. The van der Waals surface area contributed by atoms with Gasteiger partial charge in [-0.3, -0.25) is 0 Å². The maximum atomic E-state index is 10.7. The lowest BCUT2D eigenvalue weighted by Gasteiger charge is -2.26. The largest absolute Gasteiger partial charge is 0.520 e. The van der Waals surface area contributed by atoms with Crippen molar-refractivity contribution in [3.63, 3.8) is 0 Å². The van der Waals surface area contributed by atoms with Crippen LogP contribution in [0.15, 0.2) is 48.5 Å². The number of hydrogen-bond donors (Lipinski definition) is 1. The molecule has 43 heavy (non-hydrogen) atoms. The van der Waals surface area contributed by atoms with E-state index in [1.54, 1.807) is 7.11 Å². The van der Waals surface area contributed by atoms with Gasteiger partial charge in [0.05, 0.1) is 19.8 Å². The van der Waals surface area contributed by atoms with Crippen LogP contribution >= 0.6 is 0 Å². The van der Waals surface area contributed by atoms with Crippen LogP contribution < -0.4 is 9.16 Å². The van der Waals surface area contributed by atoms with Gasteiger partial charge in [-0.25, -0.2) is 0 Å². The van der Waals surface area contributed by atoms with Crippen molar-refractivity contribution in [1.82, 2.24) is 0 Å². The van der Waals surface area contributed by atoms with Gasteiger partial charge in [0.25, 0.3) is 0 Å². The Morgan fingerprint density at radius 2 is 1.16 bits per heavy atom. The second-order valence-corrected chi connectivity index (χ2v) is 17.2. The van der Waals surface area contributed by atoms with E-state index in [-0.39, 0.29) is 6.61 Å². The van der Waals surface area contributed by atoms with E-state index in [4.69, 9.17) is 31.9 Å². The predicted molar refractivity (Wildman–Crippen MR) is 176 cm³/mol. The fraction of sp³-hybridized carbons (Fsp3) is 0.636. The van der Waals surface area contributed by atoms with Gasteiger partial charge < -0.3 is 36.7 Å². The molecule has 0 fully saturated rings. The predicted octanol–water partition coefficient (Wildman–Crippen LogP) is 7.30. The van der Waals surface area contributed by atoms with Gasteiger partial charge >= 0.3 is 17.4 Å². The first-order chi connectivity index (χ1) is 20.7. The maximum Gasteiger partial charge on any atom is 0.498 e. The molecule has 2 aromatic carbocycles. The lowest BCUT2D eigenvalue weighted by Crippen LogP contribution is -2.42. The molecule has 0 aliphatic carbocycles. The highest BCUT2D eigenvalue weighted by molar-refractivity contribution is 6.66. The standard InChI is InChI=1S/C33H56O8Si2/c1-8-28(3)30-12-16-32(17-13-30)39-24-25-40-43(34,36-6)27-11-21-38-23-22-37-20-10-26-42(7,35-5)41-33-18-14-31(15-19-33)29(4)9-2/h12-19,28-29,34H,8-11,20-27H2,1-7H3. The molecule has 0 aliphatic rings. The Labute approximate surface area is 262 Å². The smallest absolute Gasteiger partial charge is 0.498 e. The second kappa shape index (κ2) is 20.3. The van der Waals surface area contributed by atoms with Gasteiger partial charge in [0, 0.05) is 39.5 Å². The molecule has 244 valence electrons. The van der Waals surface area contributed by atoms with Gasteiger partial charge in [-0.2, -0.15) is 0 Å². The van der Waals surface area contributed by atoms with E-state index >= 15 is 0 Å². The van der Waals surface area contributed by atoms with Crippen LogP contribution in [0.1, 0.15) is 76.3 Å². The van der Waals surface area contributed by atoms with Crippen LogP contribution in [0.3, 0.4) is 0 Å². The Bertz CT molecular complexity index is 993. The summed E-state index contributed by atoms with van der Waals surface area (Å²) < 4.78 is 40.3. The van der Waals surface area contributed by atoms with Crippen molar-refractivity contribution in [1.29, 1.82) is 0 Å². The Kier molecular flexibility index (Phi) is 17.7. The summed E-state index contributed by atoms with van der Waals surface area (Å²) >= 11 is 0. The summed E-state index contributed by atoms with van der Waals surface area (Å²) in [4.78, 5) is 10.7. The van der Waals surface area contributed by atoms with Crippen LogP contribution in [0.5, 0.6) is 11.5 Å². The van der Waals surface area contributed by atoms with Crippen LogP contribution in [0, 0.1) is 0 Å². The zero-order valence-electron chi connectivity index (χ0n) is 27.6. The highest BCUT2D eigenvalue weighted by Gasteiger charge is 2.35. The van der Waals surface area contributed by atoms with Crippen molar-refractivity contribution >= 4 is 17.4 Å². The average molecular weight is 637 g/mol. The van der Waals surface area contributed by atoms with Gasteiger partial charge in [0.15, 0.2) is 0 Å². The third kappa shape index (κ3) is 14.3. The molecule has 0 aliphatic heterocycles. The maximum absolute atomic E-state index is 10.7. The van der Waals surface area contributed by atoms with Gasteiger partial charge in [-0.15, -0.1) is 0 Å². The zero-order chi connectivity index (χ0) is 31.6. The minimum Gasteiger partial charge on any atom is -0.520 e. The topological polar surface area (TPSA) is 84.8 Å². The molecular formula is C33H56O8Si2. The molecule has 2 rings (SSSR count). The van der Waals surface area contributed by atoms with Crippen LogP contribution in [-0.4, -0.2) is 76.0 Å². The fourth-order valence-corrected chi connectivity index (χ4v) is 7.75. The summed E-state index contributed by atoms with van der Waals surface area (Å²) in [6.45, 7) is 13.7. The molecule has 2 aromatic rings. The lowest BCUT2D eigenvalue weighted by atomic mass is 9.99. The van der Waals surface area contributed by atoms with E-state index < -0.39 is 17.4 Å². The average Bonchev–Trinajstić information content (AvgIpc) is 3.03. The molecule has 1 N–H and O–H groups in total. The van der Waals surface area contributed by atoms with Crippen molar-refractivity contribution in [3.05, 3.63) is 59.7 Å². The van der Waals surface area contributed by atoms with E-state index in [1.165, 1.54) is 18.2 Å². The first kappa shape index (κ1) is 37.4. The number of ether oxygens (including phenoxy) is 3. The first-order valence-corrected chi connectivity index (χ1v) is 20.3. The summed E-state index contributed by atoms with van der Waals surface area (Å²) in [5, 5.41) is 0. The molecule has 0 radical (unpaired) electrons. The van der Waals surface area contributed by atoms with E-state index in [2.05, 4.69) is 58.5 Å². The molecule has 0 bridgehead atoms. The lowest BCUT2D eigenvalue weighted by molar-refractivity contribution is 0.0451. The van der Waals surface area contributed by atoms with Crippen LogP contribution in [0.25, 0.3) is 0 Å². The molecule has 10 heteroatoms. The number of benzene rings is 2. The first-order valence-electron chi connectivity index (χ1n) is 15.8. The van der Waals surface area contributed by atoms with Crippen LogP contribution in [0.2, 0.25) is 18.6 Å². The van der Waals surface area contributed by atoms with Crippen molar-refractivity contribution in [2.24, 2.45) is 0 Å². The Balaban J connectivity index is 1.53. The summed E-state index contributed by atoms with van der Waals surface area (Å²) in [7, 11) is -2.35. The molecular weight excluding hydrogens is 581 g/mol. The molecule has 0 heterocycles. The molecule has 0 saturated carbocycles. The third-order valence-corrected chi connectivity index (χ3v) is 13.0. The van der Waals surface area contributed by atoms with Gasteiger partial charge in [0.1, 0.15) is 18.1 Å². The minimum absolute atomic E-state index is 0.263. The van der Waals surface area contributed by atoms with E-state index in [1.807, 2.05) is 24.3 Å². The summed E-state index contributed by atoms with van der Waals surface area (Å²) in [5.74, 6) is 2.73. The fourth-order valence-electron chi connectivity index (χ4n) is 4.48. The molecule has 0 amide bonds. The van der Waals surface area contributed by atoms with Crippen molar-refractivity contribution in [2.75, 3.05) is 53.9 Å². The molecule has 8 nitrogen and oxygen atoms in total. The summed E-state index contributed by atoms with van der Waals surface area (Å²) in [6.07, 6.45) is 3.73. The minimum atomic E-state index is -3.25. The van der Waals surface area contributed by atoms with E-state index in [9.17, 15) is 4.80 Å². The third-order valence-electron chi connectivity index (χ3n) is 7.96. The van der Waals surface area contributed by atoms with Crippen molar-refractivity contribution in [3.8, 4) is 11.5 Å². The molecule has 4 atom stereocenters. The van der Waals surface area contributed by atoms with Gasteiger partial charge in [-0.1, -0.05) is 52.0 Å². The Hall–Kier alpha value is -1.77. The Morgan fingerprint density at radius 1 is 0.651 bits per heavy atom.